The van der Waals surface area contributed by atoms with E-state index in [2.05, 4.69) is 10.6 Å². The van der Waals surface area contributed by atoms with Crippen molar-refractivity contribution < 1.29 is 14.0 Å². The molecule has 0 saturated carbocycles. The van der Waals surface area contributed by atoms with Crippen molar-refractivity contribution in [2.24, 2.45) is 0 Å². The zero-order valence-corrected chi connectivity index (χ0v) is 12.2. The molecule has 3 unspecified atom stereocenters. The Kier molecular flexibility index (Phi) is 3.96. The van der Waals surface area contributed by atoms with Crippen LogP contribution >= 0.6 is 0 Å². The van der Waals surface area contributed by atoms with Crippen molar-refractivity contribution in [3.8, 4) is 0 Å². The Hall–Kier alpha value is -1.82. The second-order valence-corrected chi connectivity index (χ2v) is 5.83. The number of hydrogen-bond donors (Lipinski definition) is 2. The van der Waals surface area contributed by atoms with Gasteiger partial charge in [-0.1, -0.05) is 0 Å². The number of amides is 2. The Morgan fingerprint density at radius 1 is 1.38 bits per heavy atom. The number of carbonyl (C=O) groups is 2. The lowest BCUT2D eigenvalue weighted by molar-refractivity contribution is -0.135. The molecule has 6 heteroatoms. The van der Waals surface area contributed by atoms with Crippen LogP contribution in [0.3, 0.4) is 0 Å². The Labute approximate surface area is 123 Å². The van der Waals surface area contributed by atoms with Gasteiger partial charge in [0.1, 0.15) is 12.3 Å². The highest BCUT2D eigenvalue weighted by Crippen LogP contribution is 2.28. The minimum Gasteiger partial charge on any atom is -0.472 e. The predicted octanol–water partition coefficient (Wildman–Crippen LogP) is 0.751. The molecule has 3 rings (SSSR count). The van der Waals surface area contributed by atoms with Crippen LogP contribution < -0.4 is 10.6 Å². The van der Waals surface area contributed by atoms with Crippen molar-refractivity contribution in [2.75, 3.05) is 13.1 Å². The third-order valence-electron chi connectivity index (χ3n) is 4.41. The van der Waals surface area contributed by atoms with E-state index in [9.17, 15) is 9.59 Å². The van der Waals surface area contributed by atoms with E-state index in [0.717, 1.165) is 32.4 Å². The lowest BCUT2D eigenvalue weighted by Gasteiger charge is -2.30. The summed E-state index contributed by atoms with van der Waals surface area (Å²) in [4.78, 5) is 26.7. The zero-order valence-electron chi connectivity index (χ0n) is 12.2. The van der Waals surface area contributed by atoms with E-state index in [-0.39, 0.29) is 17.9 Å². The Morgan fingerprint density at radius 2 is 2.19 bits per heavy atom. The first kappa shape index (κ1) is 14.1. The fraction of sp³-hybridized carbons (Fsp3) is 0.600. The van der Waals surface area contributed by atoms with E-state index in [4.69, 9.17) is 4.42 Å². The smallest absolute Gasteiger partial charge is 0.255 e. The van der Waals surface area contributed by atoms with Gasteiger partial charge in [0.05, 0.1) is 11.8 Å². The molecule has 2 bridgehead atoms. The molecule has 0 aliphatic carbocycles. The van der Waals surface area contributed by atoms with Crippen LogP contribution in [0.15, 0.2) is 23.0 Å². The maximum absolute atomic E-state index is 12.7. The quantitative estimate of drug-likeness (QED) is 0.862. The van der Waals surface area contributed by atoms with E-state index in [1.165, 1.54) is 12.5 Å². The summed E-state index contributed by atoms with van der Waals surface area (Å²) in [6.45, 7) is 3.56. The molecule has 2 amide bonds. The van der Waals surface area contributed by atoms with Gasteiger partial charge in [-0.15, -0.1) is 0 Å². The molecule has 3 atom stereocenters. The standard InChI is InChI=1S/C15H21N3O3/c1-10(17-14(19)11-5-7-21-9-11)15(20)18-12-2-3-13(18)8-16-6-4-12/h5,7,9-10,12-13,16H,2-4,6,8H2,1H3,(H,17,19). The minimum absolute atomic E-state index is 0.0167. The Morgan fingerprint density at radius 3 is 2.95 bits per heavy atom. The van der Waals surface area contributed by atoms with Gasteiger partial charge >= 0.3 is 0 Å². The van der Waals surface area contributed by atoms with Crippen molar-refractivity contribution in [3.63, 3.8) is 0 Å². The molecule has 1 aromatic heterocycles. The summed E-state index contributed by atoms with van der Waals surface area (Å²) in [7, 11) is 0. The van der Waals surface area contributed by atoms with Crippen LogP contribution in [0.4, 0.5) is 0 Å². The van der Waals surface area contributed by atoms with Crippen molar-refractivity contribution >= 4 is 11.8 Å². The Balaban J connectivity index is 1.65. The van der Waals surface area contributed by atoms with E-state index >= 15 is 0 Å². The van der Waals surface area contributed by atoms with Gasteiger partial charge < -0.3 is 20.0 Å². The topological polar surface area (TPSA) is 74.6 Å². The molecular formula is C15H21N3O3. The van der Waals surface area contributed by atoms with Crippen LogP contribution in [0, 0.1) is 0 Å². The molecule has 2 aliphatic heterocycles. The molecule has 2 saturated heterocycles. The van der Waals surface area contributed by atoms with Crippen LogP contribution in [0.5, 0.6) is 0 Å². The lowest BCUT2D eigenvalue weighted by atomic mass is 10.1. The summed E-state index contributed by atoms with van der Waals surface area (Å²) in [6.07, 6.45) is 5.94. The summed E-state index contributed by atoms with van der Waals surface area (Å²) in [5.74, 6) is -0.257. The third-order valence-corrected chi connectivity index (χ3v) is 4.41. The normalized spacial score (nSPS) is 26.2. The zero-order chi connectivity index (χ0) is 14.8. The number of nitrogens with one attached hydrogen (secondary N) is 2. The highest BCUT2D eigenvalue weighted by Gasteiger charge is 2.39. The number of nitrogens with zero attached hydrogens (tertiary/aromatic N) is 1. The fourth-order valence-corrected chi connectivity index (χ4v) is 3.30. The van der Waals surface area contributed by atoms with E-state index in [1.807, 2.05) is 4.90 Å². The fourth-order valence-electron chi connectivity index (χ4n) is 3.30. The monoisotopic (exact) mass is 291 g/mol. The predicted molar refractivity (Wildman–Crippen MR) is 76.8 cm³/mol. The van der Waals surface area contributed by atoms with Crippen LogP contribution in [0.1, 0.15) is 36.5 Å². The molecule has 0 aromatic carbocycles. The number of furan rings is 1. The van der Waals surface area contributed by atoms with Gasteiger partial charge in [-0.3, -0.25) is 9.59 Å². The molecule has 6 nitrogen and oxygen atoms in total. The number of hydrogen-bond acceptors (Lipinski definition) is 4. The highest BCUT2D eigenvalue weighted by molar-refractivity contribution is 5.97. The van der Waals surface area contributed by atoms with Crippen molar-refractivity contribution in [2.45, 2.75) is 44.3 Å². The first-order valence-electron chi connectivity index (χ1n) is 7.53. The van der Waals surface area contributed by atoms with Crippen LogP contribution in [-0.2, 0) is 4.79 Å². The van der Waals surface area contributed by atoms with E-state index in [0.29, 0.717) is 11.6 Å². The van der Waals surface area contributed by atoms with Gasteiger partial charge in [-0.2, -0.15) is 0 Å². The van der Waals surface area contributed by atoms with Crippen molar-refractivity contribution in [1.29, 1.82) is 0 Å². The van der Waals surface area contributed by atoms with Gasteiger partial charge in [-0.25, -0.2) is 0 Å². The van der Waals surface area contributed by atoms with Gasteiger partial charge in [0.25, 0.3) is 5.91 Å². The molecule has 114 valence electrons. The summed E-state index contributed by atoms with van der Waals surface area (Å²) < 4.78 is 4.89. The number of rotatable bonds is 3. The highest BCUT2D eigenvalue weighted by atomic mass is 16.3. The molecule has 1 aromatic rings. The molecular weight excluding hydrogens is 270 g/mol. The summed E-state index contributed by atoms with van der Waals surface area (Å²) >= 11 is 0. The average molecular weight is 291 g/mol. The van der Waals surface area contributed by atoms with Crippen molar-refractivity contribution in [1.82, 2.24) is 15.5 Å². The SMILES string of the molecule is CC(NC(=O)c1ccoc1)C(=O)N1C2CCNCC1CC2. The van der Waals surface area contributed by atoms with E-state index in [1.54, 1.807) is 13.0 Å². The number of fused-ring (bicyclic) bond motifs is 2. The minimum atomic E-state index is -0.520. The number of carbonyl (C=O) groups excluding carboxylic acids is 2. The van der Waals surface area contributed by atoms with Gasteiger partial charge in [0, 0.05) is 18.6 Å². The first-order chi connectivity index (χ1) is 10.2. The molecule has 3 heterocycles. The molecule has 0 radical (unpaired) electrons. The lowest BCUT2D eigenvalue weighted by Crippen LogP contribution is -2.51. The van der Waals surface area contributed by atoms with Crippen LogP contribution in [0.2, 0.25) is 0 Å². The second kappa shape index (κ2) is 5.89. The van der Waals surface area contributed by atoms with Gasteiger partial charge in [-0.05, 0) is 38.8 Å². The van der Waals surface area contributed by atoms with Gasteiger partial charge in [0.2, 0.25) is 5.91 Å². The third kappa shape index (κ3) is 2.81. The van der Waals surface area contributed by atoms with Crippen LogP contribution in [0.25, 0.3) is 0 Å². The summed E-state index contributed by atoms with van der Waals surface area (Å²) in [5.41, 5.74) is 0.440. The molecule has 2 aliphatic rings. The molecule has 2 N–H and O–H groups in total. The average Bonchev–Trinajstić information content (AvgIpc) is 3.05. The van der Waals surface area contributed by atoms with Crippen molar-refractivity contribution in [3.05, 3.63) is 24.2 Å². The summed E-state index contributed by atoms with van der Waals surface area (Å²) in [6, 6.07) is 1.64. The Bertz CT molecular complexity index is 500. The molecule has 0 spiro atoms. The van der Waals surface area contributed by atoms with Gasteiger partial charge in [0.15, 0.2) is 0 Å². The first-order valence-corrected chi connectivity index (χ1v) is 7.53. The second-order valence-electron chi connectivity index (χ2n) is 5.83. The molecule has 2 fully saturated rings. The van der Waals surface area contributed by atoms with E-state index < -0.39 is 6.04 Å². The van der Waals surface area contributed by atoms with Crippen LogP contribution in [-0.4, -0.2) is 47.9 Å². The maximum atomic E-state index is 12.7. The largest absolute Gasteiger partial charge is 0.472 e. The summed E-state index contributed by atoms with van der Waals surface area (Å²) in [5, 5.41) is 6.13. The maximum Gasteiger partial charge on any atom is 0.255 e. The molecule has 21 heavy (non-hydrogen) atoms.